The number of rotatable bonds is 5. The predicted octanol–water partition coefficient (Wildman–Crippen LogP) is 2.79. The van der Waals surface area contributed by atoms with Gasteiger partial charge in [0, 0.05) is 5.92 Å². The Kier molecular flexibility index (Phi) is 3.86. The molecule has 0 aliphatic carbocycles. The number of hydrogen-bond donors (Lipinski definition) is 0. The lowest BCUT2D eigenvalue weighted by atomic mass is 9.95. The molecular weight excluding hydrogens is 172 g/mol. The Morgan fingerprint density at radius 3 is 2.43 bits per heavy atom. The van der Waals surface area contributed by atoms with Crippen LogP contribution >= 0.6 is 0 Å². The van der Waals surface area contributed by atoms with Crippen molar-refractivity contribution < 1.29 is 4.79 Å². The minimum atomic E-state index is -0.144. The summed E-state index contributed by atoms with van der Waals surface area (Å²) < 4.78 is 0. The largest absolute Gasteiger partial charge is 0.294 e. The first kappa shape index (κ1) is 10.5. The third-order valence-corrected chi connectivity index (χ3v) is 2.15. The molecule has 1 aromatic carbocycles. The second kappa shape index (κ2) is 5.18. The summed E-state index contributed by atoms with van der Waals surface area (Å²) in [6.45, 7) is 7.13. The molecule has 0 N–H and O–H groups in total. The molecule has 72 valence electrons. The van der Waals surface area contributed by atoms with Crippen LogP contribution in [0, 0.1) is 5.92 Å². The van der Waals surface area contributed by atoms with Gasteiger partial charge < -0.3 is 0 Å². The van der Waals surface area contributed by atoms with Crippen LogP contribution in [0.1, 0.15) is 5.56 Å². The molecule has 1 nitrogen and oxygen atoms in total. The van der Waals surface area contributed by atoms with Gasteiger partial charge in [-0.05, 0) is 18.1 Å². The molecule has 1 aromatic rings. The van der Waals surface area contributed by atoms with Crippen LogP contribution in [0.25, 0.3) is 0 Å². The predicted molar refractivity (Wildman–Crippen MR) is 59.0 cm³/mol. The summed E-state index contributed by atoms with van der Waals surface area (Å²) in [5.41, 5.74) is 1.15. The molecule has 0 spiro atoms. The SMILES string of the molecule is C=CC(=O)C(C=C)Cc1ccccc1. The van der Waals surface area contributed by atoms with Gasteiger partial charge in [0.2, 0.25) is 0 Å². The van der Waals surface area contributed by atoms with Gasteiger partial charge in [0.05, 0.1) is 0 Å². The molecule has 14 heavy (non-hydrogen) atoms. The molecule has 0 amide bonds. The minimum Gasteiger partial charge on any atom is -0.294 e. The summed E-state index contributed by atoms with van der Waals surface area (Å²) in [5, 5.41) is 0. The van der Waals surface area contributed by atoms with Gasteiger partial charge in [-0.15, -0.1) is 6.58 Å². The maximum Gasteiger partial charge on any atom is 0.162 e. The van der Waals surface area contributed by atoms with Crippen LogP contribution in [0.4, 0.5) is 0 Å². The molecule has 0 aliphatic rings. The van der Waals surface area contributed by atoms with Crippen molar-refractivity contribution in [1.29, 1.82) is 0 Å². The van der Waals surface area contributed by atoms with Crippen molar-refractivity contribution in [3.63, 3.8) is 0 Å². The number of carbonyl (C=O) groups excluding carboxylic acids is 1. The van der Waals surface area contributed by atoms with Gasteiger partial charge in [-0.2, -0.15) is 0 Å². The maximum absolute atomic E-state index is 11.4. The lowest BCUT2D eigenvalue weighted by Gasteiger charge is -2.08. The smallest absolute Gasteiger partial charge is 0.162 e. The Hall–Kier alpha value is -1.63. The molecule has 0 saturated carbocycles. The molecule has 0 aliphatic heterocycles. The van der Waals surface area contributed by atoms with Gasteiger partial charge in [-0.3, -0.25) is 4.79 Å². The van der Waals surface area contributed by atoms with E-state index >= 15 is 0 Å². The minimum absolute atomic E-state index is 0.0313. The van der Waals surface area contributed by atoms with Gasteiger partial charge in [-0.25, -0.2) is 0 Å². The highest BCUT2D eigenvalue weighted by molar-refractivity contribution is 5.92. The molecule has 0 heterocycles. The van der Waals surface area contributed by atoms with Crippen molar-refractivity contribution in [2.24, 2.45) is 5.92 Å². The van der Waals surface area contributed by atoms with Crippen LogP contribution in [0.5, 0.6) is 0 Å². The second-order valence-electron chi connectivity index (χ2n) is 3.14. The van der Waals surface area contributed by atoms with Crippen molar-refractivity contribution in [2.75, 3.05) is 0 Å². The van der Waals surface area contributed by atoms with E-state index in [1.807, 2.05) is 30.3 Å². The fourth-order valence-electron chi connectivity index (χ4n) is 1.32. The van der Waals surface area contributed by atoms with Crippen LogP contribution in [-0.4, -0.2) is 5.78 Å². The van der Waals surface area contributed by atoms with Crippen LogP contribution < -0.4 is 0 Å². The third kappa shape index (κ3) is 2.70. The van der Waals surface area contributed by atoms with Gasteiger partial charge >= 0.3 is 0 Å². The van der Waals surface area contributed by atoms with Gasteiger partial charge in [0.1, 0.15) is 0 Å². The molecule has 1 atom stereocenters. The van der Waals surface area contributed by atoms with Crippen LogP contribution in [0.3, 0.4) is 0 Å². The monoisotopic (exact) mass is 186 g/mol. The van der Waals surface area contributed by atoms with Crippen molar-refractivity contribution in [1.82, 2.24) is 0 Å². The topological polar surface area (TPSA) is 17.1 Å². The molecule has 0 aromatic heterocycles. The molecule has 1 heteroatoms. The lowest BCUT2D eigenvalue weighted by Crippen LogP contribution is -2.11. The Morgan fingerprint density at radius 1 is 1.29 bits per heavy atom. The Balaban J connectivity index is 2.71. The highest BCUT2D eigenvalue weighted by atomic mass is 16.1. The number of carbonyl (C=O) groups is 1. The summed E-state index contributed by atoms with van der Waals surface area (Å²) in [6.07, 6.45) is 3.74. The molecule has 1 unspecified atom stereocenters. The summed E-state index contributed by atoms with van der Waals surface area (Å²) in [5.74, 6) is -0.112. The normalized spacial score (nSPS) is 11.7. The zero-order chi connectivity index (χ0) is 10.4. The van der Waals surface area contributed by atoms with Gasteiger partial charge in [-0.1, -0.05) is 43.0 Å². The first-order chi connectivity index (χ1) is 6.77. The average molecular weight is 186 g/mol. The Morgan fingerprint density at radius 2 is 1.93 bits per heavy atom. The molecule has 0 radical (unpaired) electrons. The summed E-state index contributed by atoms with van der Waals surface area (Å²) in [4.78, 5) is 11.4. The average Bonchev–Trinajstić information content (AvgIpc) is 2.26. The zero-order valence-corrected chi connectivity index (χ0v) is 8.15. The molecule has 0 fully saturated rings. The number of ketones is 1. The second-order valence-corrected chi connectivity index (χ2v) is 3.14. The lowest BCUT2D eigenvalue weighted by molar-refractivity contribution is -0.116. The highest BCUT2D eigenvalue weighted by Crippen LogP contribution is 2.10. The Labute approximate surface area is 84.8 Å². The maximum atomic E-state index is 11.4. The highest BCUT2D eigenvalue weighted by Gasteiger charge is 2.11. The first-order valence-electron chi connectivity index (χ1n) is 4.60. The van der Waals surface area contributed by atoms with E-state index < -0.39 is 0 Å². The zero-order valence-electron chi connectivity index (χ0n) is 8.15. The quantitative estimate of drug-likeness (QED) is 0.510. The summed E-state index contributed by atoms with van der Waals surface area (Å²) >= 11 is 0. The molecule has 0 saturated heterocycles. The number of benzene rings is 1. The van der Waals surface area contributed by atoms with Crippen molar-refractivity contribution in [2.45, 2.75) is 6.42 Å². The number of hydrogen-bond acceptors (Lipinski definition) is 1. The first-order valence-corrected chi connectivity index (χ1v) is 4.60. The number of allylic oxidation sites excluding steroid dienone is 2. The molecule has 1 rings (SSSR count). The molecular formula is C13H14O. The van der Waals surface area contributed by atoms with E-state index in [9.17, 15) is 4.79 Å². The Bertz CT molecular complexity index is 324. The van der Waals surface area contributed by atoms with E-state index in [-0.39, 0.29) is 11.7 Å². The van der Waals surface area contributed by atoms with Crippen LogP contribution in [-0.2, 0) is 11.2 Å². The third-order valence-electron chi connectivity index (χ3n) is 2.15. The van der Waals surface area contributed by atoms with Crippen molar-refractivity contribution in [3.8, 4) is 0 Å². The molecule has 0 bridgehead atoms. The van der Waals surface area contributed by atoms with Crippen molar-refractivity contribution in [3.05, 3.63) is 61.2 Å². The van der Waals surface area contributed by atoms with E-state index in [0.717, 1.165) is 5.56 Å². The van der Waals surface area contributed by atoms with Gasteiger partial charge in [0.25, 0.3) is 0 Å². The van der Waals surface area contributed by atoms with E-state index in [1.54, 1.807) is 6.08 Å². The fraction of sp³-hybridized carbons (Fsp3) is 0.154. The van der Waals surface area contributed by atoms with E-state index in [2.05, 4.69) is 13.2 Å². The van der Waals surface area contributed by atoms with Crippen molar-refractivity contribution >= 4 is 5.78 Å². The van der Waals surface area contributed by atoms with E-state index in [1.165, 1.54) is 6.08 Å². The van der Waals surface area contributed by atoms with Crippen LogP contribution in [0.2, 0.25) is 0 Å². The fourth-order valence-corrected chi connectivity index (χ4v) is 1.32. The van der Waals surface area contributed by atoms with Gasteiger partial charge in [0.15, 0.2) is 5.78 Å². The summed E-state index contributed by atoms with van der Waals surface area (Å²) in [6, 6.07) is 9.91. The standard InChI is InChI=1S/C13H14O/c1-3-12(13(14)4-2)10-11-8-6-5-7-9-11/h3-9,12H,1-2,10H2. The van der Waals surface area contributed by atoms with Crippen LogP contribution in [0.15, 0.2) is 55.6 Å². The summed E-state index contributed by atoms with van der Waals surface area (Å²) in [7, 11) is 0. The van der Waals surface area contributed by atoms with E-state index in [0.29, 0.717) is 6.42 Å². The van der Waals surface area contributed by atoms with E-state index in [4.69, 9.17) is 0 Å².